The fourth-order valence-electron chi connectivity index (χ4n) is 8.84. The van der Waals surface area contributed by atoms with Crippen molar-refractivity contribution >= 4 is 84.0 Å². The first-order valence-electron chi connectivity index (χ1n) is 23.3. The summed E-state index contributed by atoms with van der Waals surface area (Å²) in [4.78, 5) is 53.5. The molecule has 5 N–H and O–H groups in total. The lowest BCUT2D eigenvalue weighted by atomic mass is 9.96. The number of rotatable bonds is 13. The van der Waals surface area contributed by atoms with Gasteiger partial charge in [-0.2, -0.15) is 9.67 Å². The third-order valence-electron chi connectivity index (χ3n) is 12.5. The zero-order valence-electron chi connectivity index (χ0n) is 40.2. The van der Waals surface area contributed by atoms with Gasteiger partial charge in [-0.1, -0.05) is 50.2 Å². The lowest BCUT2D eigenvalue weighted by molar-refractivity contribution is -0.567. The molecule has 11 rings (SSSR count). The van der Waals surface area contributed by atoms with Crippen LogP contribution in [0.5, 0.6) is 0 Å². The average molecular weight is 974 g/mol. The van der Waals surface area contributed by atoms with E-state index in [9.17, 15) is 4.79 Å². The molecule has 0 bridgehead atoms. The second-order valence-electron chi connectivity index (χ2n) is 18.1. The largest absolute Gasteiger partial charge is 0.335 e. The number of fused-ring (bicyclic) bond motifs is 4. The summed E-state index contributed by atoms with van der Waals surface area (Å²) >= 11 is 3.36. The summed E-state index contributed by atoms with van der Waals surface area (Å²) in [6.07, 6.45) is 20.2. The van der Waals surface area contributed by atoms with Crippen molar-refractivity contribution in [2.75, 3.05) is 5.32 Å². The minimum atomic E-state index is -0.0672. The first-order valence-corrected chi connectivity index (χ1v) is 25.0. The molecule has 11 aromatic rings. The van der Waals surface area contributed by atoms with Crippen molar-refractivity contribution in [3.8, 4) is 60.7 Å². The quantitative estimate of drug-likeness (QED) is 0.0551. The monoisotopic (exact) mass is 973 g/mol. The van der Waals surface area contributed by atoms with Crippen LogP contribution in [0.15, 0.2) is 116 Å². The number of thiophene rings is 2. The van der Waals surface area contributed by atoms with Crippen LogP contribution >= 0.6 is 22.7 Å². The minimum absolute atomic E-state index is 0.0672. The van der Waals surface area contributed by atoms with Gasteiger partial charge in [0.15, 0.2) is 28.7 Å². The van der Waals surface area contributed by atoms with E-state index >= 15 is 0 Å². The third kappa shape index (κ3) is 8.42. The van der Waals surface area contributed by atoms with Crippen LogP contribution in [0.3, 0.4) is 0 Å². The van der Waals surface area contributed by atoms with Crippen LogP contribution in [0.25, 0.3) is 110 Å². The smallest absolute Gasteiger partial charge is 0.314 e. The van der Waals surface area contributed by atoms with Gasteiger partial charge in [0, 0.05) is 73.7 Å². The molecular formula is C54H49N14OS2+. The fraction of sp³-hybridized carbons (Fsp3) is 0.185. The van der Waals surface area contributed by atoms with E-state index in [1.54, 1.807) is 47.5 Å². The highest BCUT2D eigenvalue weighted by atomic mass is 32.1. The van der Waals surface area contributed by atoms with Crippen LogP contribution in [-0.4, -0.2) is 66.2 Å². The molecule has 0 saturated heterocycles. The molecule has 11 heterocycles. The normalized spacial score (nSPS) is 12.4. The minimum Gasteiger partial charge on any atom is -0.335 e. The van der Waals surface area contributed by atoms with Crippen LogP contribution in [0, 0.1) is 19.8 Å². The Kier molecular flexibility index (Phi) is 11.6. The zero-order chi connectivity index (χ0) is 49.1. The molecule has 17 heteroatoms. The van der Waals surface area contributed by atoms with Crippen LogP contribution < -0.4 is 9.88 Å². The first kappa shape index (κ1) is 45.2. The molecule has 0 fully saturated rings. The Morgan fingerprint density at radius 3 is 2.25 bits per heavy atom. The van der Waals surface area contributed by atoms with E-state index in [1.165, 1.54) is 4.88 Å². The summed E-state index contributed by atoms with van der Waals surface area (Å²) in [6, 6.07) is 12.5. The molecule has 1 amide bonds. The van der Waals surface area contributed by atoms with Crippen LogP contribution in [0.2, 0.25) is 0 Å². The Labute approximate surface area is 416 Å². The van der Waals surface area contributed by atoms with Gasteiger partial charge in [0.05, 0.1) is 45.6 Å². The van der Waals surface area contributed by atoms with E-state index in [-0.39, 0.29) is 11.8 Å². The predicted octanol–water partition coefficient (Wildman–Crippen LogP) is 12.4. The summed E-state index contributed by atoms with van der Waals surface area (Å²) in [5.74, 6) is 1.32. The number of nitrogens with zero attached hydrogens (tertiary/aromatic N) is 9. The molecule has 0 radical (unpaired) electrons. The van der Waals surface area contributed by atoms with Crippen molar-refractivity contribution in [3.05, 3.63) is 131 Å². The number of imidazole rings is 2. The molecule has 0 aliphatic carbocycles. The molecule has 0 aliphatic rings. The lowest BCUT2D eigenvalue weighted by Gasteiger charge is -2.10. The Balaban J connectivity index is 1.06. The van der Waals surface area contributed by atoms with Crippen molar-refractivity contribution < 1.29 is 9.36 Å². The molecule has 0 spiro atoms. The van der Waals surface area contributed by atoms with Gasteiger partial charge >= 0.3 is 5.65 Å². The van der Waals surface area contributed by atoms with Gasteiger partial charge in [-0.15, -0.1) is 27.8 Å². The molecule has 0 atom stereocenters. The summed E-state index contributed by atoms with van der Waals surface area (Å²) in [7, 11) is 0. The molecule has 352 valence electrons. The number of aromatic nitrogens is 13. The number of anilines is 1. The van der Waals surface area contributed by atoms with Gasteiger partial charge in [-0.05, 0) is 87.6 Å². The van der Waals surface area contributed by atoms with Crippen molar-refractivity contribution in [1.82, 2.24) is 60.3 Å². The lowest BCUT2D eigenvalue weighted by Crippen LogP contribution is -2.32. The van der Waals surface area contributed by atoms with Crippen molar-refractivity contribution in [1.29, 1.82) is 0 Å². The van der Waals surface area contributed by atoms with Gasteiger partial charge in [0.25, 0.3) is 0 Å². The number of amides is 1. The number of aromatic amines is 4. The SMILES string of the molecule is C=C(C=C(C(C)=CC)c1cnc2[nH]nc(-c3nc4c(-c5sc(C)cc5-[n+]5cc(-c6cncc(NC(=O)CC(C)C)c6)cc6c(-c7nc8c(-c9ccc(C)s9)cncc8[nH]7)n[nH]c65)cncc4[nH]3)c2c1)CC. The number of pyridine rings is 5. The molecular weight excluding hydrogens is 925 g/mol. The topological polar surface area (TPSA) is 199 Å². The molecule has 0 saturated carbocycles. The molecule has 0 aromatic carbocycles. The zero-order valence-corrected chi connectivity index (χ0v) is 41.8. The Morgan fingerprint density at radius 2 is 1.54 bits per heavy atom. The van der Waals surface area contributed by atoms with Gasteiger partial charge in [-0.3, -0.25) is 24.8 Å². The highest BCUT2D eigenvalue weighted by Crippen LogP contribution is 2.40. The van der Waals surface area contributed by atoms with Crippen molar-refractivity contribution in [2.45, 2.75) is 61.3 Å². The van der Waals surface area contributed by atoms with Crippen LogP contribution in [-0.2, 0) is 4.79 Å². The number of hydrogen-bond donors (Lipinski definition) is 5. The second kappa shape index (κ2) is 18.2. The van der Waals surface area contributed by atoms with Crippen molar-refractivity contribution in [3.63, 3.8) is 0 Å². The molecule has 71 heavy (non-hydrogen) atoms. The molecule has 11 aromatic heterocycles. The summed E-state index contributed by atoms with van der Waals surface area (Å²) in [5, 5.41) is 20.9. The van der Waals surface area contributed by atoms with E-state index in [0.717, 1.165) is 110 Å². The number of nitrogens with one attached hydrogen (secondary N) is 5. The Bertz CT molecular complexity index is 3970. The predicted molar refractivity (Wildman–Crippen MR) is 285 cm³/mol. The second-order valence-corrected chi connectivity index (χ2v) is 20.6. The first-order chi connectivity index (χ1) is 34.4. The molecule has 15 nitrogen and oxygen atoms in total. The number of allylic oxidation sites excluding steroid dienone is 5. The maximum absolute atomic E-state index is 13.0. The van der Waals surface area contributed by atoms with Gasteiger partial charge in [0.1, 0.15) is 28.3 Å². The van der Waals surface area contributed by atoms with Crippen LogP contribution in [0.4, 0.5) is 5.69 Å². The van der Waals surface area contributed by atoms with Crippen LogP contribution in [0.1, 0.15) is 62.8 Å². The van der Waals surface area contributed by atoms with E-state index < -0.39 is 0 Å². The number of carbonyl (C=O) groups excluding carboxylic acids is 1. The van der Waals surface area contributed by atoms with E-state index in [1.807, 2.05) is 45.4 Å². The number of carbonyl (C=O) groups is 1. The molecule has 0 unspecified atom stereocenters. The third-order valence-corrected chi connectivity index (χ3v) is 14.6. The average Bonchev–Trinajstić information content (AvgIpc) is 4.24. The van der Waals surface area contributed by atoms with E-state index in [0.29, 0.717) is 40.8 Å². The van der Waals surface area contributed by atoms with Gasteiger partial charge < -0.3 is 15.3 Å². The van der Waals surface area contributed by atoms with Gasteiger partial charge in [0.2, 0.25) is 5.91 Å². The standard InChI is InChI=1S/C54H48N14OS2/c1-9-28(5)14-36(29(6)10-2)33-17-37-48(64-66-51(37)58-20-33)52-61-42-25-57-23-40(47(42)63-52)50-43(15-31(8)71-50)68-26-34(32-16-35(21-55-19-32)59-45(69)13-27(3)4)18-38-49(65-67-54(38)68)53-60-41-24-56-22-39(46(41)62-53)44-12-11-30(7)70-44/h10-12,14-27H,5,9,13H2,1-4,6-8H3,(H4,56,57,58,59,60,61,62,63,64,65,66,69)/p+1. The van der Waals surface area contributed by atoms with Gasteiger partial charge in [-0.25, -0.2) is 15.0 Å². The summed E-state index contributed by atoms with van der Waals surface area (Å²) in [5.41, 5.74) is 14.9. The highest BCUT2D eigenvalue weighted by molar-refractivity contribution is 7.16. The Morgan fingerprint density at radius 1 is 0.817 bits per heavy atom. The maximum atomic E-state index is 13.0. The number of aryl methyl sites for hydroxylation is 2. The number of H-pyrrole nitrogens is 4. The maximum Gasteiger partial charge on any atom is 0.314 e. The Hall–Kier alpha value is -8.28. The number of hydrogen-bond acceptors (Lipinski definition) is 11. The summed E-state index contributed by atoms with van der Waals surface area (Å²) in [6.45, 7) is 18.7. The van der Waals surface area contributed by atoms with Crippen molar-refractivity contribution in [2.24, 2.45) is 5.92 Å². The highest BCUT2D eigenvalue weighted by Gasteiger charge is 2.28. The fourth-order valence-corrected chi connectivity index (χ4v) is 10.7. The van der Waals surface area contributed by atoms with E-state index in [4.69, 9.17) is 30.1 Å². The summed E-state index contributed by atoms with van der Waals surface area (Å²) < 4.78 is 2.12. The van der Waals surface area contributed by atoms with E-state index in [2.05, 4.69) is 123 Å². The molecule has 0 aliphatic heterocycles.